The first-order chi connectivity index (χ1) is 8.16. The van der Waals surface area contributed by atoms with Gasteiger partial charge < -0.3 is 15.4 Å². The summed E-state index contributed by atoms with van der Waals surface area (Å²) in [5.74, 6) is 0.447. The molecule has 17 heavy (non-hydrogen) atoms. The van der Waals surface area contributed by atoms with Crippen LogP contribution in [0.25, 0.3) is 0 Å². The van der Waals surface area contributed by atoms with Crippen LogP contribution < -0.4 is 10.6 Å². The third-order valence-corrected chi connectivity index (χ3v) is 2.98. The molecule has 94 valence electrons. The van der Waals surface area contributed by atoms with Crippen molar-refractivity contribution in [1.82, 2.24) is 9.97 Å². The number of nitrogens with zero attached hydrogens (tertiary/aromatic N) is 3. The van der Waals surface area contributed by atoms with Crippen LogP contribution in [0.1, 0.15) is 12.8 Å². The average molecular weight is 240 g/mol. The molecule has 1 fully saturated rings. The van der Waals surface area contributed by atoms with Gasteiger partial charge >= 0.3 is 0 Å². The molecule has 0 spiro atoms. The molecule has 1 aliphatic rings. The lowest BCUT2D eigenvalue weighted by molar-refractivity contribution is 0.0684. The summed E-state index contributed by atoms with van der Waals surface area (Å²) in [4.78, 5) is 9.33. The Labute approximate surface area is 99.8 Å². The van der Waals surface area contributed by atoms with Crippen molar-refractivity contribution in [2.24, 2.45) is 5.92 Å². The van der Waals surface area contributed by atoms with Crippen LogP contribution in [0, 0.1) is 11.7 Å². The lowest BCUT2D eigenvalue weighted by Gasteiger charge is -2.27. The van der Waals surface area contributed by atoms with Gasteiger partial charge in [-0.2, -0.15) is 4.98 Å². The molecular formula is C11H17FN4O. The molecule has 0 unspecified atom stereocenters. The van der Waals surface area contributed by atoms with Crippen LogP contribution in [0.4, 0.5) is 16.2 Å². The number of anilines is 2. The zero-order valence-electron chi connectivity index (χ0n) is 9.90. The Hall–Kier alpha value is -1.43. The first kappa shape index (κ1) is 12.0. The van der Waals surface area contributed by atoms with E-state index in [1.165, 1.54) is 0 Å². The van der Waals surface area contributed by atoms with Gasteiger partial charge in [-0.1, -0.05) is 0 Å². The number of ether oxygens (including phenoxy) is 1. The van der Waals surface area contributed by atoms with Gasteiger partial charge in [0.25, 0.3) is 0 Å². The van der Waals surface area contributed by atoms with Gasteiger partial charge in [0.2, 0.25) is 5.95 Å². The van der Waals surface area contributed by atoms with Crippen LogP contribution in [0.2, 0.25) is 0 Å². The topological polar surface area (TPSA) is 64.3 Å². The van der Waals surface area contributed by atoms with Crippen molar-refractivity contribution in [3.05, 3.63) is 12.0 Å². The Bertz CT molecular complexity index is 382. The number of aromatic nitrogens is 2. The number of rotatable bonds is 3. The molecule has 1 aromatic heterocycles. The summed E-state index contributed by atoms with van der Waals surface area (Å²) in [5, 5.41) is 0. The van der Waals surface area contributed by atoms with E-state index in [1.807, 2.05) is 7.05 Å². The molecule has 0 atom stereocenters. The zero-order chi connectivity index (χ0) is 12.3. The molecule has 1 saturated heterocycles. The Morgan fingerprint density at radius 2 is 2.24 bits per heavy atom. The summed E-state index contributed by atoms with van der Waals surface area (Å²) in [6.45, 7) is 2.33. The molecule has 0 bridgehead atoms. The average Bonchev–Trinajstić information content (AvgIpc) is 2.33. The molecule has 0 aliphatic carbocycles. The van der Waals surface area contributed by atoms with E-state index < -0.39 is 5.82 Å². The second-order valence-electron chi connectivity index (χ2n) is 4.34. The van der Waals surface area contributed by atoms with Crippen molar-refractivity contribution in [1.29, 1.82) is 0 Å². The van der Waals surface area contributed by atoms with Crippen LogP contribution in [-0.2, 0) is 4.74 Å². The van der Waals surface area contributed by atoms with Crippen molar-refractivity contribution < 1.29 is 9.13 Å². The largest absolute Gasteiger partial charge is 0.381 e. The van der Waals surface area contributed by atoms with E-state index in [-0.39, 0.29) is 11.8 Å². The van der Waals surface area contributed by atoms with E-state index in [2.05, 4.69) is 9.97 Å². The standard InChI is InChI=1S/C11H17FN4O/c1-16(7-8-2-4-17-5-3-8)10-9(12)6-14-11(13)15-10/h6,8H,2-5,7H2,1H3,(H2,13,14,15). The molecular weight excluding hydrogens is 223 g/mol. The van der Waals surface area contributed by atoms with E-state index in [0.717, 1.165) is 38.8 Å². The van der Waals surface area contributed by atoms with E-state index in [4.69, 9.17) is 10.5 Å². The predicted molar refractivity (Wildman–Crippen MR) is 63.2 cm³/mol. The van der Waals surface area contributed by atoms with Gasteiger partial charge in [0, 0.05) is 26.8 Å². The molecule has 0 aromatic carbocycles. The minimum absolute atomic E-state index is 0.0974. The number of halogens is 1. The normalized spacial score (nSPS) is 17.1. The number of nitrogens with two attached hydrogens (primary N) is 1. The minimum atomic E-state index is -0.436. The quantitative estimate of drug-likeness (QED) is 0.856. The zero-order valence-corrected chi connectivity index (χ0v) is 9.90. The minimum Gasteiger partial charge on any atom is -0.381 e. The smallest absolute Gasteiger partial charge is 0.222 e. The molecule has 5 nitrogen and oxygen atoms in total. The third-order valence-electron chi connectivity index (χ3n) is 2.98. The molecule has 0 amide bonds. The Balaban J connectivity index is 2.02. The van der Waals surface area contributed by atoms with Crippen LogP contribution in [0.5, 0.6) is 0 Å². The summed E-state index contributed by atoms with van der Waals surface area (Å²) in [5.41, 5.74) is 5.46. The fourth-order valence-corrected chi connectivity index (χ4v) is 2.04. The molecule has 1 aliphatic heterocycles. The summed E-state index contributed by atoms with van der Waals surface area (Å²) < 4.78 is 18.8. The summed E-state index contributed by atoms with van der Waals surface area (Å²) >= 11 is 0. The highest BCUT2D eigenvalue weighted by atomic mass is 19.1. The predicted octanol–water partition coefficient (Wildman–Crippen LogP) is 1.06. The number of hydrogen-bond acceptors (Lipinski definition) is 5. The SMILES string of the molecule is CN(CC1CCOCC1)c1nc(N)ncc1F. The Morgan fingerprint density at radius 1 is 1.53 bits per heavy atom. The highest BCUT2D eigenvalue weighted by Gasteiger charge is 2.18. The molecule has 2 N–H and O–H groups in total. The van der Waals surface area contributed by atoms with Crippen LogP contribution >= 0.6 is 0 Å². The van der Waals surface area contributed by atoms with Crippen LogP contribution in [0.3, 0.4) is 0 Å². The van der Waals surface area contributed by atoms with Gasteiger partial charge in [0.05, 0.1) is 6.20 Å². The molecule has 2 rings (SSSR count). The third kappa shape index (κ3) is 3.03. The van der Waals surface area contributed by atoms with Gasteiger partial charge in [-0.15, -0.1) is 0 Å². The molecule has 0 radical (unpaired) electrons. The van der Waals surface area contributed by atoms with Crippen molar-refractivity contribution in [3.63, 3.8) is 0 Å². The van der Waals surface area contributed by atoms with E-state index in [0.29, 0.717) is 5.92 Å². The lowest BCUT2D eigenvalue weighted by Crippen LogP contribution is -2.30. The summed E-state index contributed by atoms with van der Waals surface area (Å²) in [7, 11) is 1.82. The molecule has 6 heteroatoms. The van der Waals surface area contributed by atoms with Gasteiger partial charge in [-0.3, -0.25) is 0 Å². The fraction of sp³-hybridized carbons (Fsp3) is 0.636. The van der Waals surface area contributed by atoms with Gasteiger partial charge in [-0.05, 0) is 18.8 Å². The van der Waals surface area contributed by atoms with Crippen molar-refractivity contribution >= 4 is 11.8 Å². The maximum atomic E-state index is 13.5. The van der Waals surface area contributed by atoms with E-state index >= 15 is 0 Å². The highest BCUT2D eigenvalue weighted by Crippen LogP contribution is 2.20. The first-order valence-corrected chi connectivity index (χ1v) is 5.73. The second-order valence-corrected chi connectivity index (χ2v) is 4.34. The van der Waals surface area contributed by atoms with Crippen molar-refractivity contribution in [3.8, 4) is 0 Å². The monoisotopic (exact) mass is 240 g/mol. The van der Waals surface area contributed by atoms with Crippen LogP contribution in [-0.4, -0.2) is 36.8 Å². The van der Waals surface area contributed by atoms with E-state index in [1.54, 1.807) is 4.90 Å². The molecule has 2 heterocycles. The number of nitrogen functional groups attached to an aromatic ring is 1. The fourth-order valence-electron chi connectivity index (χ4n) is 2.04. The van der Waals surface area contributed by atoms with Gasteiger partial charge in [0.1, 0.15) is 0 Å². The van der Waals surface area contributed by atoms with E-state index in [9.17, 15) is 4.39 Å². The maximum Gasteiger partial charge on any atom is 0.222 e. The van der Waals surface area contributed by atoms with Crippen LogP contribution in [0.15, 0.2) is 6.20 Å². The number of hydrogen-bond donors (Lipinski definition) is 1. The van der Waals surface area contributed by atoms with Crippen molar-refractivity contribution in [2.75, 3.05) is 37.4 Å². The van der Waals surface area contributed by atoms with Gasteiger partial charge in [0.15, 0.2) is 11.6 Å². The lowest BCUT2D eigenvalue weighted by atomic mass is 10.00. The highest BCUT2D eigenvalue weighted by molar-refractivity contribution is 5.41. The molecule has 0 saturated carbocycles. The summed E-state index contributed by atoms with van der Waals surface area (Å²) in [6.07, 6.45) is 3.12. The Kier molecular flexibility index (Phi) is 3.73. The maximum absolute atomic E-state index is 13.5. The Morgan fingerprint density at radius 3 is 2.94 bits per heavy atom. The molecule has 1 aromatic rings. The second kappa shape index (κ2) is 5.27. The summed E-state index contributed by atoms with van der Waals surface area (Å²) in [6, 6.07) is 0. The van der Waals surface area contributed by atoms with Gasteiger partial charge in [-0.25, -0.2) is 9.37 Å². The first-order valence-electron chi connectivity index (χ1n) is 5.73. The van der Waals surface area contributed by atoms with Crippen molar-refractivity contribution in [2.45, 2.75) is 12.8 Å².